The summed E-state index contributed by atoms with van der Waals surface area (Å²) in [4.78, 5) is 20.8. The Balaban J connectivity index is 0.000000500. The lowest BCUT2D eigenvalue weighted by atomic mass is 10.1. The van der Waals surface area contributed by atoms with Crippen LogP contribution in [0.1, 0.15) is 10.4 Å². The third-order valence-corrected chi connectivity index (χ3v) is 3.52. The minimum atomic E-state index is -3.67. The number of rotatable bonds is 2. The van der Waals surface area contributed by atoms with Crippen LogP contribution in [0, 0.1) is 0 Å². The molecule has 4 N–H and O–H groups in total. The number of hydrogen-bond donors (Lipinski definition) is 3. The molecule has 1 aromatic heterocycles. The van der Waals surface area contributed by atoms with E-state index in [2.05, 4.69) is 15.3 Å². The molecule has 146 valence electrons. The number of nitrogens with two attached hydrogens (primary N) is 1. The minimum absolute atomic E-state index is 0.0215. The summed E-state index contributed by atoms with van der Waals surface area (Å²) in [5.41, 5.74) is 7.46. The SMILES string of the molecule is CS(=O)(=O)O.NC(=Nc1ccccc1)NC(=O)c1ccnc2c(Cl)cccc12. The number of guanidine groups is 1. The van der Waals surface area contributed by atoms with Gasteiger partial charge in [-0.3, -0.25) is 19.6 Å². The van der Waals surface area contributed by atoms with Crippen LogP contribution in [0.2, 0.25) is 5.02 Å². The molecule has 0 bridgehead atoms. The molecule has 0 aliphatic rings. The van der Waals surface area contributed by atoms with Gasteiger partial charge >= 0.3 is 0 Å². The Hall–Kier alpha value is -3.01. The Labute approximate surface area is 166 Å². The van der Waals surface area contributed by atoms with Crippen LogP contribution < -0.4 is 11.1 Å². The van der Waals surface area contributed by atoms with Crippen molar-refractivity contribution in [3.05, 3.63) is 71.4 Å². The van der Waals surface area contributed by atoms with Crippen molar-refractivity contribution < 1.29 is 17.8 Å². The molecule has 3 rings (SSSR count). The number of hydrogen-bond acceptors (Lipinski definition) is 5. The lowest BCUT2D eigenvalue weighted by Crippen LogP contribution is -2.36. The molecule has 0 radical (unpaired) electrons. The molecule has 0 fully saturated rings. The summed E-state index contributed by atoms with van der Waals surface area (Å²) in [6.45, 7) is 0. The largest absolute Gasteiger partial charge is 0.369 e. The second-order valence-corrected chi connectivity index (χ2v) is 7.39. The Morgan fingerprint density at radius 3 is 2.43 bits per heavy atom. The molecule has 0 aliphatic carbocycles. The van der Waals surface area contributed by atoms with Crippen LogP contribution in [0.5, 0.6) is 0 Å². The van der Waals surface area contributed by atoms with Gasteiger partial charge in [0.25, 0.3) is 16.0 Å². The first-order valence-corrected chi connectivity index (χ1v) is 10.0. The van der Waals surface area contributed by atoms with Crippen molar-refractivity contribution in [2.24, 2.45) is 10.7 Å². The summed E-state index contributed by atoms with van der Waals surface area (Å²) >= 11 is 6.10. The van der Waals surface area contributed by atoms with Gasteiger partial charge in [-0.15, -0.1) is 0 Å². The number of fused-ring (bicyclic) bond motifs is 1. The van der Waals surface area contributed by atoms with Crippen molar-refractivity contribution in [1.82, 2.24) is 10.3 Å². The minimum Gasteiger partial charge on any atom is -0.369 e. The molecule has 1 amide bonds. The summed E-state index contributed by atoms with van der Waals surface area (Å²) in [6.07, 6.45) is 2.25. The number of para-hydroxylation sites is 2. The lowest BCUT2D eigenvalue weighted by molar-refractivity contribution is 0.0978. The molecule has 2 aromatic carbocycles. The third kappa shape index (κ3) is 6.62. The van der Waals surface area contributed by atoms with E-state index >= 15 is 0 Å². The number of pyridine rings is 1. The molecule has 8 nitrogen and oxygen atoms in total. The van der Waals surface area contributed by atoms with Crippen molar-refractivity contribution in [3.63, 3.8) is 0 Å². The van der Waals surface area contributed by atoms with Crippen LogP contribution in [0.3, 0.4) is 0 Å². The third-order valence-electron chi connectivity index (χ3n) is 3.21. The predicted molar refractivity (Wildman–Crippen MR) is 109 cm³/mol. The van der Waals surface area contributed by atoms with Gasteiger partial charge in [0.2, 0.25) is 5.96 Å². The fraction of sp³-hybridized carbons (Fsp3) is 0.0556. The summed E-state index contributed by atoms with van der Waals surface area (Å²) in [6, 6.07) is 16.0. The fourth-order valence-corrected chi connectivity index (χ4v) is 2.41. The smallest absolute Gasteiger partial charge is 0.261 e. The van der Waals surface area contributed by atoms with E-state index in [1.807, 2.05) is 18.2 Å². The first kappa shape index (κ1) is 21.3. The molecular formula is C18H17ClN4O4S. The van der Waals surface area contributed by atoms with Gasteiger partial charge in [0.15, 0.2) is 0 Å². The average molecular weight is 421 g/mol. The highest BCUT2D eigenvalue weighted by Crippen LogP contribution is 2.23. The molecule has 0 atom stereocenters. The van der Waals surface area contributed by atoms with Gasteiger partial charge in [0.05, 0.1) is 28.0 Å². The summed E-state index contributed by atoms with van der Waals surface area (Å²) in [5, 5.41) is 3.72. The van der Waals surface area contributed by atoms with E-state index in [-0.39, 0.29) is 11.9 Å². The van der Waals surface area contributed by atoms with Gasteiger partial charge in [0, 0.05) is 11.6 Å². The maximum absolute atomic E-state index is 12.4. The molecule has 0 saturated heterocycles. The highest BCUT2D eigenvalue weighted by molar-refractivity contribution is 7.85. The number of halogens is 1. The molecule has 0 spiro atoms. The van der Waals surface area contributed by atoms with Crippen LogP contribution in [0.4, 0.5) is 5.69 Å². The van der Waals surface area contributed by atoms with Gasteiger partial charge in [-0.05, 0) is 24.3 Å². The van der Waals surface area contributed by atoms with Crippen LogP contribution >= 0.6 is 11.6 Å². The van der Waals surface area contributed by atoms with E-state index in [9.17, 15) is 13.2 Å². The molecule has 0 unspecified atom stereocenters. The fourth-order valence-electron chi connectivity index (χ4n) is 2.19. The summed E-state index contributed by atoms with van der Waals surface area (Å²) in [5.74, 6) is -0.343. The highest BCUT2D eigenvalue weighted by atomic mass is 35.5. The standard InChI is InChI=1S/C17H13ClN4O.CH4O3S/c18-14-8-4-7-12-13(9-10-20-15(12)14)16(23)22-17(19)21-11-5-2-1-3-6-11;1-5(2,3)4/h1-10H,(H3,19,21,22,23);1H3,(H,2,3,4). The van der Waals surface area contributed by atoms with E-state index in [1.54, 1.807) is 36.4 Å². The Bertz CT molecular complexity index is 1110. The van der Waals surface area contributed by atoms with Crippen LogP contribution in [0.15, 0.2) is 65.8 Å². The highest BCUT2D eigenvalue weighted by Gasteiger charge is 2.12. The predicted octanol–water partition coefficient (Wildman–Crippen LogP) is 2.77. The number of aromatic nitrogens is 1. The van der Waals surface area contributed by atoms with Crippen LogP contribution in [-0.4, -0.2) is 36.1 Å². The molecular weight excluding hydrogens is 404 g/mol. The topological polar surface area (TPSA) is 135 Å². The maximum atomic E-state index is 12.4. The Morgan fingerprint density at radius 2 is 1.79 bits per heavy atom. The number of carbonyl (C=O) groups excluding carboxylic acids is 1. The quantitative estimate of drug-likeness (QED) is 0.331. The van der Waals surface area contributed by atoms with E-state index < -0.39 is 10.1 Å². The second kappa shape index (κ2) is 9.27. The molecule has 28 heavy (non-hydrogen) atoms. The molecule has 10 heteroatoms. The van der Waals surface area contributed by atoms with Gasteiger partial charge in [-0.25, -0.2) is 4.99 Å². The van der Waals surface area contributed by atoms with Crippen molar-refractivity contribution in [1.29, 1.82) is 0 Å². The van der Waals surface area contributed by atoms with Gasteiger partial charge in [-0.1, -0.05) is 41.9 Å². The van der Waals surface area contributed by atoms with Gasteiger partial charge in [-0.2, -0.15) is 8.42 Å². The summed E-state index contributed by atoms with van der Waals surface area (Å²) < 4.78 is 25.9. The van der Waals surface area contributed by atoms with Crippen molar-refractivity contribution in [2.45, 2.75) is 0 Å². The average Bonchev–Trinajstić information content (AvgIpc) is 2.61. The van der Waals surface area contributed by atoms with Gasteiger partial charge in [0.1, 0.15) is 0 Å². The van der Waals surface area contributed by atoms with E-state index in [1.165, 1.54) is 6.20 Å². The lowest BCUT2D eigenvalue weighted by Gasteiger charge is -2.08. The Morgan fingerprint density at radius 1 is 1.14 bits per heavy atom. The van der Waals surface area contributed by atoms with Crippen molar-refractivity contribution in [2.75, 3.05) is 6.26 Å². The number of benzene rings is 2. The number of carbonyl (C=O) groups is 1. The number of aliphatic imine (C=N–C) groups is 1. The zero-order valence-electron chi connectivity index (χ0n) is 14.7. The zero-order valence-corrected chi connectivity index (χ0v) is 16.3. The van der Waals surface area contributed by atoms with E-state index in [4.69, 9.17) is 21.9 Å². The maximum Gasteiger partial charge on any atom is 0.261 e. The monoisotopic (exact) mass is 420 g/mol. The van der Waals surface area contributed by atoms with E-state index in [0.29, 0.717) is 33.4 Å². The second-order valence-electron chi connectivity index (χ2n) is 5.51. The van der Waals surface area contributed by atoms with E-state index in [0.717, 1.165) is 0 Å². The number of amides is 1. The summed E-state index contributed by atoms with van der Waals surface area (Å²) in [7, 11) is -3.67. The zero-order chi connectivity index (χ0) is 20.7. The first-order valence-electron chi connectivity index (χ1n) is 7.81. The molecule has 0 saturated carbocycles. The number of nitrogens with one attached hydrogen (secondary N) is 1. The van der Waals surface area contributed by atoms with Crippen molar-refractivity contribution >= 4 is 50.2 Å². The van der Waals surface area contributed by atoms with Crippen LogP contribution in [-0.2, 0) is 10.1 Å². The molecule has 0 aliphatic heterocycles. The molecule has 1 heterocycles. The normalized spacial score (nSPS) is 11.5. The van der Waals surface area contributed by atoms with Gasteiger partial charge < -0.3 is 5.73 Å². The first-order chi connectivity index (χ1) is 13.1. The number of nitrogens with zero attached hydrogens (tertiary/aromatic N) is 2. The van der Waals surface area contributed by atoms with Crippen LogP contribution in [0.25, 0.3) is 10.9 Å². The Kier molecular flexibility index (Phi) is 7.05. The van der Waals surface area contributed by atoms with Crippen molar-refractivity contribution in [3.8, 4) is 0 Å². The molecule has 3 aromatic rings.